The smallest absolute Gasteiger partial charge is 0.331 e. The van der Waals surface area contributed by atoms with Crippen molar-refractivity contribution in [1.82, 2.24) is 4.90 Å². The maximum atomic E-state index is 12.8. The average Bonchev–Trinajstić information content (AvgIpc) is 2.97. The molecule has 0 radical (unpaired) electrons. The molecule has 0 N–H and O–H groups in total. The number of carbonyl (C=O) groups is 2. The molecule has 0 saturated carbocycles. The van der Waals surface area contributed by atoms with Crippen LogP contribution in [0.2, 0.25) is 0 Å². The van der Waals surface area contributed by atoms with Gasteiger partial charge in [-0.05, 0) is 11.6 Å². The van der Waals surface area contributed by atoms with Gasteiger partial charge in [0.1, 0.15) is 0 Å². The molecule has 2 aliphatic rings. The van der Waals surface area contributed by atoms with Crippen molar-refractivity contribution in [2.75, 3.05) is 32.6 Å². The number of benzene rings is 1. The lowest BCUT2D eigenvalue weighted by Gasteiger charge is -2.35. The van der Waals surface area contributed by atoms with Gasteiger partial charge in [0.2, 0.25) is 5.91 Å². The standard InChI is InChI=1S/C15H17NO4S/c1-19-15(18)12-8-20-7-6-16(12)14(17)11-9-21-13-5-3-2-4-10(11)13/h2-5,11-12H,6-9H2,1H3. The van der Waals surface area contributed by atoms with Crippen LogP contribution < -0.4 is 0 Å². The lowest BCUT2D eigenvalue weighted by molar-refractivity contribution is -0.161. The first kappa shape index (κ1) is 14.4. The Kier molecular flexibility index (Phi) is 4.17. The second-order valence-corrected chi connectivity index (χ2v) is 6.11. The van der Waals surface area contributed by atoms with Crippen molar-refractivity contribution in [3.8, 4) is 0 Å². The number of carbonyl (C=O) groups excluding carboxylic acids is 2. The summed E-state index contributed by atoms with van der Waals surface area (Å²) < 4.78 is 10.1. The first-order valence-corrected chi connectivity index (χ1v) is 7.88. The summed E-state index contributed by atoms with van der Waals surface area (Å²) in [6.45, 7) is 1.10. The fraction of sp³-hybridized carbons (Fsp3) is 0.467. The highest BCUT2D eigenvalue weighted by atomic mass is 32.2. The molecule has 0 spiro atoms. The highest BCUT2D eigenvalue weighted by Crippen LogP contribution is 2.40. The molecule has 2 unspecified atom stereocenters. The van der Waals surface area contributed by atoms with E-state index in [-0.39, 0.29) is 18.4 Å². The maximum absolute atomic E-state index is 12.8. The fourth-order valence-electron chi connectivity index (χ4n) is 2.77. The van der Waals surface area contributed by atoms with Crippen LogP contribution >= 0.6 is 11.8 Å². The Bertz CT molecular complexity index is 562. The molecule has 2 heterocycles. The van der Waals surface area contributed by atoms with Crippen LogP contribution in [0.25, 0.3) is 0 Å². The molecule has 0 aromatic heterocycles. The van der Waals surface area contributed by atoms with Crippen molar-refractivity contribution in [3.05, 3.63) is 29.8 Å². The van der Waals surface area contributed by atoms with Gasteiger partial charge >= 0.3 is 5.97 Å². The van der Waals surface area contributed by atoms with Gasteiger partial charge in [-0.15, -0.1) is 11.8 Å². The number of amides is 1. The topological polar surface area (TPSA) is 55.8 Å². The molecular formula is C15H17NO4S. The van der Waals surface area contributed by atoms with Crippen LogP contribution in [0.1, 0.15) is 11.5 Å². The van der Waals surface area contributed by atoms with Gasteiger partial charge in [0, 0.05) is 17.2 Å². The maximum Gasteiger partial charge on any atom is 0.331 e. The van der Waals surface area contributed by atoms with Gasteiger partial charge in [-0.25, -0.2) is 4.79 Å². The first-order chi connectivity index (χ1) is 10.2. The molecule has 3 rings (SSSR count). The van der Waals surface area contributed by atoms with Crippen LogP contribution in [-0.4, -0.2) is 55.4 Å². The fourth-order valence-corrected chi connectivity index (χ4v) is 3.99. The van der Waals surface area contributed by atoms with Crippen molar-refractivity contribution < 1.29 is 19.1 Å². The van der Waals surface area contributed by atoms with Crippen LogP contribution in [0.3, 0.4) is 0 Å². The van der Waals surface area contributed by atoms with Crippen molar-refractivity contribution in [2.45, 2.75) is 16.9 Å². The summed E-state index contributed by atoms with van der Waals surface area (Å²) in [5.74, 6) is 0.119. The minimum Gasteiger partial charge on any atom is -0.467 e. The number of hydrogen-bond donors (Lipinski definition) is 0. The highest BCUT2D eigenvalue weighted by Gasteiger charge is 2.39. The van der Waals surface area contributed by atoms with E-state index in [0.717, 1.165) is 16.2 Å². The van der Waals surface area contributed by atoms with E-state index >= 15 is 0 Å². The van der Waals surface area contributed by atoms with Gasteiger partial charge in [0.05, 0.1) is 26.2 Å². The van der Waals surface area contributed by atoms with Crippen LogP contribution in [0, 0.1) is 0 Å². The number of rotatable bonds is 2. The Morgan fingerprint density at radius 2 is 2.19 bits per heavy atom. The van der Waals surface area contributed by atoms with Crippen molar-refractivity contribution in [1.29, 1.82) is 0 Å². The van der Waals surface area contributed by atoms with Gasteiger partial charge in [0.15, 0.2) is 6.04 Å². The SMILES string of the molecule is COC(=O)C1COCCN1C(=O)C1CSc2ccccc21. The number of ether oxygens (including phenoxy) is 2. The van der Waals surface area contributed by atoms with Crippen LogP contribution in [0.4, 0.5) is 0 Å². The lowest BCUT2D eigenvalue weighted by Crippen LogP contribution is -2.54. The number of fused-ring (bicyclic) bond motifs is 1. The molecule has 6 heteroatoms. The van der Waals surface area contributed by atoms with E-state index in [9.17, 15) is 9.59 Å². The summed E-state index contributed by atoms with van der Waals surface area (Å²) in [5, 5.41) is 0. The molecule has 1 aromatic rings. The number of methoxy groups -OCH3 is 1. The molecule has 112 valence electrons. The third-order valence-corrected chi connectivity index (χ3v) is 5.07. The van der Waals surface area contributed by atoms with E-state index in [4.69, 9.17) is 9.47 Å². The molecule has 0 aliphatic carbocycles. The zero-order valence-electron chi connectivity index (χ0n) is 11.8. The molecule has 1 fully saturated rings. The zero-order valence-corrected chi connectivity index (χ0v) is 12.6. The van der Waals surface area contributed by atoms with E-state index in [0.29, 0.717) is 13.2 Å². The Morgan fingerprint density at radius 3 is 3.00 bits per heavy atom. The van der Waals surface area contributed by atoms with E-state index in [1.54, 1.807) is 16.7 Å². The molecular weight excluding hydrogens is 290 g/mol. The second-order valence-electron chi connectivity index (χ2n) is 5.05. The second kappa shape index (κ2) is 6.07. The largest absolute Gasteiger partial charge is 0.467 e. The van der Waals surface area contributed by atoms with Gasteiger partial charge < -0.3 is 14.4 Å². The third-order valence-electron chi connectivity index (χ3n) is 3.88. The third kappa shape index (κ3) is 2.65. The van der Waals surface area contributed by atoms with Gasteiger partial charge in [-0.2, -0.15) is 0 Å². The van der Waals surface area contributed by atoms with Crippen molar-refractivity contribution in [2.24, 2.45) is 0 Å². The van der Waals surface area contributed by atoms with E-state index in [1.807, 2.05) is 24.3 Å². The molecule has 1 saturated heterocycles. The number of hydrogen-bond acceptors (Lipinski definition) is 5. The summed E-state index contributed by atoms with van der Waals surface area (Å²) in [4.78, 5) is 27.4. The number of esters is 1. The molecule has 1 amide bonds. The predicted molar refractivity (Wildman–Crippen MR) is 78.2 cm³/mol. The summed E-state index contributed by atoms with van der Waals surface area (Å²) in [6, 6.07) is 7.32. The number of thioether (sulfide) groups is 1. The van der Waals surface area contributed by atoms with Crippen LogP contribution in [0.5, 0.6) is 0 Å². The normalized spacial score (nSPS) is 24.5. The van der Waals surface area contributed by atoms with E-state index in [2.05, 4.69) is 0 Å². The van der Waals surface area contributed by atoms with Gasteiger partial charge in [-0.3, -0.25) is 4.79 Å². The zero-order chi connectivity index (χ0) is 14.8. The monoisotopic (exact) mass is 307 g/mol. The number of morpholine rings is 1. The minimum absolute atomic E-state index is 0.00819. The van der Waals surface area contributed by atoms with E-state index in [1.165, 1.54) is 7.11 Å². The van der Waals surface area contributed by atoms with Gasteiger partial charge in [-0.1, -0.05) is 18.2 Å². The molecule has 1 aromatic carbocycles. The molecule has 0 bridgehead atoms. The Hall–Kier alpha value is -1.53. The van der Waals surface area contributed by atoms with E-state index < -0.39 is 12.0 Å². The molecule has 2 aliphatic heterocycles. The number of nitrogens with zero attached hydrogens (tertiary/aromatic N) is 1. The van der Waals surface area contributed by atoms with Crippen molar-refractivity contribution >= 4 is 23.6 Å². The summed E-state index contributed by atoms with van der Waals surface area (Å²) in [5.41, 5.74) is 1.06. The van der Waals surface area contributed by atoms with Crippen molar-refractivity contribution in [3.63, 3.8) is 0 Å². The predicted octanol–water partition coefficient (Wildman–Crippen LogP) is 1.28. The lowest BCUT2D eigenvalue weighted by atomic mass is 9.99. The highest BCUT2D eigenvalue weighted by molar-refractivity contribution is 7.99. The quantitative estimate of drug-likeness (QED) is 0.770. The summed E-state index contributed by atoms with van der Waals surface area (Å²) in [6.07, 6.45) is 0. The molecule has 21 heavy (non-hydrogen) atoms. The first-order valence-electron chi connectivity index (χ1n) is 6.90. The summed E-state index contributed by atoms with van der Waals surface area (Å²) in [7, 11) is 1.33. The Labute approximate surface area is 127 Å². The van der Waals surface area contributed by atoms with Crippen LogP contribution in [-0.2, 0) is 19.1 Å². The van der Waals surface area contributed by atoms with Crippen LogP contribution in [0.15, 0.2) is 29.2 Å². The average molecular weight is 307 g/mol. The molecule has 5 nitrogen and oxygen atoms in total. The Morgan fingerprint density at radius 1 is 1.38 bits per heavy atom. The molecule has 2 atom stereocenters. The Balaban J connectivity index is 1.82. The summed E-state index contributed by atoms with van der Waals surface area (Å²) >= 11 is 1.69. The minimum atomic E-state index is -0.631. The van der Waals surface area contributed by atoms with Gasteiger partial charge in [0.25, 0.3) is 0 Å².